The van der Waals surface area contributed by atoms with Gasteiger partial charge < -0.3 is 0 Å². The zero-order valence-electron chi connectivity index (χ0n) is 5.18. The molecule has 0 saturated heterocycles. The van der Waals surface area contributed by atoms with E-state index < -0.39 is 0 Å². The van der Waals surface area contributed by atoms with Gasteiger partial charge in [0.05, 0.1) is 5.49 Å². The number of rotatable bonds is 3. The van der Waals surface area contributed by atoms with Gasteiger partial charge in [-0.3, -0.25) is 5.32 Å². The van der Waals surface area contributed by atoms with Gasteiger partial charge in [0, 0.05) is 6.54 Å². The van der Waals surface area contributed by atoms with Crippen LogP contribution < -0.4 is 5.32 Å². The summed E-state index contributed by atoms with van der Waals surface area (Å²) in [4.78, 5) is 0. The molecule has 3 heteroatoms. The smallest absolute Gasteiger partial charge is 0.100 e. The summed E-state index contributed by atoms with van der Waals surface area (Å²) in [6, 6.07) is 0. The lowest BCUT2D eigenvalue weighted by Crippen LogP contribution is -2.16. The molecule has 48 valence electrons. The fraction of sp³-hybridized carbons (Fsp3) is 0.800. The Labute approximate surface area is 53.4 Å². The second-order valence-electron chi connectivity index (χ2n) is 2.02. The van der Waals surface area contributed by atoms with Crippen molar-refractivity contribution < 1.29 is 4.21 Å². The zero-order chi connectivity index (χ0) is 6.41. The highest BCUT2D eigenvalue weighted by Crippen LogP contribution is 1.84. The molecule has 0 heterocycles. The predicted octanol–water partition coefficient (Wildman–Crippen LogP) is 0.205. The minimum atomic E-state index is 0.457. The average molecular weight is 133 g/mol. The minimum absolute atomic E-state index is 0.457. The normalized spacial score (nSPS) is 9.38. The first-order valence-electron chi connectivity index (χ1n) is 2.61. The molecular formula is C5H11NOS. The van der Waals surface area contributed by atoms with Crippen LogP contribution in [0.1, 0.15) is 13.8 Å². The first-order valence-corrected chi connectivity index (χ1v) is 3.41. The van der Waals surface area contributed by atoms with Crippen LogP contribution in [0.2, 0.25) is 0 Å². The highest BCUT2D eigenvalue weighted by Gasteiger charge is 1.86. The molecule has 0 aliphatic carbocycles. The largest absolute Gasteiger partial charge is 0.284 e. The highest BCUT2D eigenvalue weighted by molar-refractivity contribution is 7.64. The van der Waals surface area contributed by atoms with E-state index in [1.54, 1.807) is 0 Å². The van der Waals surface area contributed by atoms with E-state index in [4.69, 9.17) is 0 Å². The molecule has 0 bridgehead atoms. The summed E-state index contributed by atoms with van der Waals surface area (Å²) in [7, 11) is 0. The Morgan fingerprint density at radius 3 is 2.75 bits per heavy atom. The summed E-state index contributed by atoms with van der Waals surface area (Å²) in [6.45, 7) is 5.07. The molecular weight excluding hydrogens is 122 g/mol. The summed E-state index contributed by atoms with van der Waals surface area (Å²) in [6.07, 6.45) is 0. The van der Waals surface area contributed by atoms with Crippen molar-refractivity contribution in [2.75, 3.05) is 6.54 Å². The van der Waals surface area contributed by atoms with E-state index in [9.17, 15) is 4.21 Å². The fourth-order valence-electron chi connectivity index (χ4n) is 0.318. The Morgan fingerprint density at radius 2 is 2.38 bits per heavy atom. The minimum Gasteiger partial charge on any atom is -0.284 e. The van der Waals surface area contributed by atoms with Crippen molar-refractivity contribution in [3.63, 3.8) is 0 Å². The van der Waals surface area contributed by atoms with Crippen molar-refractivity contribution >= 4 is 16.7 Å². The molecule has 0 amide bonds. The second-order valence-corrected chi connectivity index (χ2v) is 2.44. The van der Waals surface area contributed by atoms with Gasteiger partial charge in [0.2, 0.25) is 0 Å². The SMILES string of the molecule is CC(C)CNC=S=O. The maximum absolute atomic E-state index is 9.71. The Balaban J connectivity index is 3.05. The Bertz CT molecular complexity index is 96.6. The van der Waals surface area contributed by atoms with Crippen molar-refractivity contribution in [2.24, 2.45) is 5.92 Å². The van der Waals surface area contributed by atoms with Gasteiger partial charge in [-0.1, -0.05) is 13.8 Å². The van der Waals surface area contributed by atoms with Crippen LogP contribution in [-0.2, 0) is 11.3 Å². The molecule has 0 aromatic rings. The van der Waals surface area contributed by atoms with Crippen molar-refractivity contribution in [1.82, 2.24) is 5.32 Å². The third-order valence-corrected chi connectivity index (χ3v) is 0.920. The molecule has 0 aromatic carbocycles. The first-order chi connectivity index (χ1) is 3.77. The molecule has 0 aliphatic heterocycles. The van der Waals surface area contributed by atoms with Gasteiger partial charge in [0.25, 0.3) is 0 Å². The maximum atomic E-state index is 9.71. The lowest BCUT2D eigenvalue weighted by molar-refractivity contribution is 0.630. The summed E-state index contributed by atoms with van der Waals surface area (Å²) < 4.78 is 9.71. The van der Waals surface area contributed by atoms with Crippen molar-refractivity contribution in [2.45, 2.75) is 13.8 Å². The van der Waals surface area contributed by atoms with Crippen LogP contribution in [0.5, 0.6) is 0 Å². The van der Waals surface area contributed by atoms with E-state index in [1.807, 2.05) is 0 Å². The average Bonchev–Trinajstić information content (AvgIpc) is 1.66. The van der Waals surface area contributed by atoms with Crippen LogP contribution in [0.4, 0.5) is 0 Å². The van der Waals surface area contributed by atoms with Crippen LogP contribution in [0.3, 0.4) is 0 Å². The molecule has 0 aromatic heterocycles. The number of hydrogen-bond acceptors (Lipinski definition) is 1. The quantitative estimate of drug-likeness (QED) is 0.557. The van der Waals surface area contributed by atoms with Gasteiger partial charge in [0.1, 0.15) is 11.3 Å². The summed E-state index contributed by atoms with van der Waals surface area (Å²) >= 11 is 0.457. The maximum Gasteiger partial charge on any atom is 0.100 e. The van der Waals surface area contributed by atoms with Gasteiger partial charge in [-0.2, -0.15) is 0 Å². The van der Waals surface area contributed by atoms with Crippen molar-refractivity contribution in [1.29, 1.82) is 0 Å². The number of hydrogen-bond donors (Lipinski definition) is 1. The molecule has 0 atom stereocenters. The van der Waals surface area contributed by atoms with E-state index in [-0.39, 0.29) is 0 Å². The van der Waals surface area contributed by atoms with Gasteiger partial charge in [0.15, 0.2) is 0 Å². The van der Waals surface area contributed by atoms with E-state index in [1.165, 1.54) is 5.49 Å². The summed E-state index contributed by atoms with van der Waals surface area (Å²) in [5.74, 6) is 0.610. The second kappa shape index (κ2) is 5.00. The Morgan fingerprint density at radius 1 is 1.75 bits per heavy atom. The third kappa shape index (κ3) is 5.85. The van der Waals surface area contributed by atoms with E-state index in [0.29, 0.717) is 17.2 Å². The van der Waals surface area contributed by atoms with E-state index in [2.05, 4.69) is 19.2 Å². The molecule has 2 nitrogen and oxygen atoms in total. The van der Waals surface area contributed by atoms with Crippen LogP contribution in [0, 0.1) is 5.92 Å². The van der Waals surface area contributed by atoms with E-state index in [0.717, 1.165) is 6.54 Å². The van der Waals surface area contributed by atoms with Gasteiger partial charge in [-0.15, -0.1) is 0 Å². The van der Waals surface area contributed by atoms with Crippen LogP contribution >= 0.6 is 0 Å². The molecule has 0 saturated carbocycles. The van der Waals surface area contributed by atoms with Crippen molar-refractivity contribution in [3.8, 4) is 0 Å². The molecule has 0 radical (unpaired) electrons. The molecule has 8 heavy (non-hydrogen) atoms. The molecule has 0 rings (SSSR count). The van der Waals surface area contributed by atoms with Crippen LogP contribution in [-0.4, -0.2) is 16.2 Å². The Hall–Kier alpha value is -0.150. The molecule has 1 N–H and O–H groups in total. The fourth-order valence-corrected chi connectivity index (χ4v) is 0.482. The highest BCUT2D eigenvalue weighted by atomic mass is 32.1. The molecule has 0 unspecified atom stereocenters. The lowest BCUT2D eigenvalue weighted by Gasteiger charge is -1.98. The molecule has 0 aliphatic rings. The number of nitrogens with one attached hydrogen (secondary N) is 1. The van der Waals surface area contributed by atoms with Crippen LogP contribution in [0.15, 0.2) is 0 Å². The van der Waals surface area contributed by atoms with E-state index >= 15 is 0 Å². The topological polar surface area (TPSA) is 29.1 Å². The summed E-state index contributed by atoms with van der Waals surface area (Å²) in [5, 5.41) is 2.86. The summed E-state index contributed by atoms with van der Waals surface area (Å²) in [5.41, 5.74) is 1.46. The van der Waals surface area contributed by atoms with Gasteiger partial charge in [-0.05, 0) is 5.92 Å². The standard InChI is InChI=1S/C5H11NOS/c1-5(2)3-6-4-8-7/h4-6H,3H2,1-2H3. The lowest BCUT2D eigenvalue weighted by atomic mass is 10.2. The Kier molecular flexibility index (Phi) is 4.90. The molecule has 0 fully saturated rings. The predicted molar refractivity (Wildman–Crippen MR) is 37.0 cm³/mol. The zero-order valence-corrected chi connectivity index (χ0v) is 5.99. The van der Waals surface area contributed by atoms with Crippen LogP contribution in [0.25, 0.3) is 0 Å². The first kappa shape index (κ1) is 7.85. The van der Waals surface area contributed by atoms with Crippen molar-refractivity contribution in [3.05, 3.63) is 0 Å². The van der Waals surface area contributed by atoms with Gasteiger partial charge in [-0.25, -0.2) is 4.21 Å². The molecule has 0 spiro atoms. The van der Waals surface area contributed by atoms with Gasteiger partial charge >= 0.3 is 0 Å². The third-order valence-electron chi connectivity index (χ3n) is 0.658. The monoisotopic (exact) mass is 133 g/mol.